The van der Waals surface area contributed by atoms with Crippen LogP contribution in [0.2, 0.25) is 0 Å². The van der Waals surface area contributed by atoms with Gasteiger partial charge in [-0.25, -0.2) is 4.79 Å². The number of urea groups is 1. The fraction of sp³-hybridized carbons (Fsp3) is 0.300. The molecular weight excluding hydrogens is 316 g/mol. The smallest absolute Gasteiger partial charge is 0.314 e. The van der Waals surface area contributed by atoms with Crippen LogP contribution >= 0.6 is 0 Å². The van der Waals surface area contributed by atoms with Crippen LogP contribution in [-0.4, -0.2) is 30.0 Å². The van der Waals surface area contributed by atoms with Crippen molar-refractivity contribution >= 4 is 12.0 Å². The molecule has 3 rings (SSSR count). The van der Waals surface area contributed by atoms with Gasteiger partial charge in [-0.3, -0.25) is 4.79 Å². The molecule has 0 aliphatic carbocycles. The van der Waals surface area contributed by atoms with Crippen LogP contribution < -0.4 is 5.73 Å². The lowest BCUT2D eigenvalue weighted by Gasteiger charge is -2.31. The second kappa shape index (κ2) is 7.83. The molecule has 2 aromatic carbocycles. The normalized spacial score (nSPS) is 17.3. The second-order valence-electron chi connectivity index (χ2n) is 6.26. The zero-order valence-corrected chi connectivity index (χ0v) is 14.0. The number of benzene rings is 2. The van der Waals surface area contributed by atoms with Crippen LogP contribution in [0.25, 0.3) is 0 Å². The van der Waals surface area contributed by atoms with E-state index in [1.807, 2.05) is 60.7 Å². The predicted octanol–water partition coefficient (Wildman–Crippen LogP) is 3.11. The highest BCUT2D eigenvalue weighted by Crippen LogP contribution is 2.28. The highest BCUT2D eigenvalue weighted by Gasteiger charge is 2.31. The molecule has 1 unspecified atom stereocenters. The van der Waals surface area contributed by atoms with Gasteiger partial charge in [0, 0.05) is 13.1 Å². The number of rotatable bonds is 4. The van der Waals surface area contributed by atoms with Crippen LogP contribution in [0.3, 0.4) is 0 Å². The second-order valence-corrected chi connectivity index (χ2v) is 6.26. The number of carbonyl (C=O) groups is 2. The van der Waals surface area contributed by atoms with E-state index >= 15 is 0 Å². The van der Waals surface area contributed by atoms with Crippen LogP contribution in [0.15, 0.2) is 60.7 Å². The molecule has 1 atom stereocenters. The Morgan fingerprint density at radius 1 is 1.00 bits per heavy atom. The number of esters is 1. The van der Waals surface area contributed by atoms with Crippen molar-refractivity contribution in [3.63, 3.8) is 0 Å². The van der Waals surface area contributed by atoms with E-state index in [2.05, 4.69) is 0 Å². The lowest BCUT2D eigenvalue weighted by molar-refractivity contribution is -0.154. The molecule has 2 aromatic rings. The summed E-state index contributed by atoms with van der Waals surface area (Å²) < 4.78 is 5.87. The van der Waals surface area contributed by atoms with Gasteiger partial charge in [0.25, 0.3) is 0 Å². The fourth-order valence-corrected chi connectivity index (χ4v) is 3.17. The van der Waals surface area contributed by atoms with Crippen molar-refractivity contribution < 1.29 is 14.3 Å². The minimum absolute atomic E-state index is 0.288. The zero-order valence-electron chi connectivity index (χ0n) is 14.0. The Morgan fingerprint density at radius 3 is 2.08 bits per heavy atom. The average Bonchev–Trinajstić information content (AvgIpc) is 2.67. The summed E-state index contributed by atoms with van der Waals surface area (Å²) in [5.41, 5.74) is 7.19. The monoisotopic (exact) mass is 338 g/mol. The topological polar surface area (TPSA) is 72.6 Å². The highest BCUT2D eigenvalue weighted by molar-refractivity contribution is 5.76. The number of likely N-dealkylation sites (tertiary alicyclic amines) is 1. The molecule has 2 amide bonds. The molecule has 1 aliphatic heterocycles. The molecule has 0 saturated carbocycles. The molecule has 0 aromatic heterocycles. The molecule has 0 radical (unpaired) electrons. The summed E-state index contributed by atoms with van der Waals surface area (Å²) in [6.07, 6.45) is 1.00. The molecule has 1 heterocycles. The van der Waals surface area contributed by atoms with Crippen molar-refractivity contribution in [2.24, 2.45) is 11.7 Å². The molecule has 1 aliphatic rings. The summed E-state index contributed by atoms with van der Waals surface area (Å²) in [4.78, 5) is 25.6. The first-order valence-corrected chi connectivity index (χ1v) is 8.50. The number of carbonyl (C=O) groups excluding carboxylic acids is 2. The van der Waals surface area contributed by atoms with Crippen LogP contribution in [0, 0.1) is 5.92 Å². The van der Waals surface area contributed by atoms with E-state index in [1.54, 1.807) is 0 Å². The van der Waals surface area contributed by atoms with Crippen molar-refractivity contribution in [1.82, 2.24) is 4.90 Å². The van der Waals surface area contributed by atoms with Gasteiger partial charge in [0.05, 0.1) is 5.92 Å². The number of hydrogen-bond donors (Lipinski definition) is 1. The van der Waals surface area contributed by atoms with Gasteiger partial charge in [-0.05, 0) is 24.0 Å². The number of nitrogens with zero attached hydrogens (tertiary/aromatic N) is 1. The Balaban J connectivity index is 1.78. The first-order chi connectivity index (χ1) is 12.1. The summed E-state index contributed by atoms with van der Waals surface area (Å²) in [7, 11) is 0. The number of nitrogens with two attached hydrogens (primary N) is 1. The van der Waals surface area contributed by atoms with Crippen LogP contribution in [0.5, 0.6) is 0 Å². The Labute approximate surface area is 147 Å². The molecule has 5 heteroatoms. The van der Waals surface area contributed by atoms with Crippen LogP contribution in [0.1, 0.15) is 30.1 Å². The third-order valence-electron chi connectivity index (χ3n) is 4.51. The van der Waals surface area contributed by atoms with Crippen molar-refractivity contribution in [3.8, 4) is 0 Å². The molecule has 1 saturated heterocycles. The van der Waals surface area contributed by atoms with E-state index in [4.69, 9.17) is 10.5 Å². The maximum atomic E-state index is 12.7. The van der Waals surface area contributed by atoms with Crippen molar-refractivity contribution in [1.29, 1.82) is 0 Å². The molecule has 1 fully saturated rings. The molecule has 0 spiro atoms. The number of amides is 2. The molecule has 25 heavy (non-hydrogen) atoms. The van der Waals surface area contributed by atoms with E-state index < -0.39 is 12.1 Å². The van der Waals surface area contributed by atoms with E-state index in [-0.39, 0.29) is 11.9 Å². The fourth-order valence-electron chi connectivity index (χ4n) is 3.17. The van der Waals surface area contributed by atoms with Crippen molar-refractivity contribution in [3.05, 3.63) is 71.8 Å². The van der Waals surface area contributed by atoms with E-state index in [0.29, 0.717) is 19.5 Å². The Bertz CT molecular complexity index is 679. The summed E-state index contributed by atoms with van der Waals surface area (Å²) >= 11 is 0. The Kier molecular flexibility index (Phi) is 5.33. The van der Waals surface area contributed by atoms with Gasteiger partial charge in [-0.15, -0.1) is 0 Å². The third kappa shape index (κ3) is 4.18. The summed E-state index contributed by atoms with van der Waals surface area (Å²) in [6.45, 7) is 0.921. The van der Waals surface area contributed by atoms with Crippen molar-refractivity contribution in [2.75, 3.05) is 13.1 Å². The highest BCUT2D eigenvalue weighted by atomic mass is 16.5. The molecule has 130 valence electrons. The number of ether oxygens (including phenoxy) is 1. The quantitative estimate of drug-likeness (QED) is 0.871. The maximum absolute atomic E-state index is 12.7. The minimum atomic E-state index is -0.486. The number of primary amides is 1. The Hall–Kier alpha value is -2.82. The predicted molar refractivity (Wildman–Crippen MR) is 94.7 cm³/mol. The van der Waals surface area contributed by atoms with Crippen LogP contribution in [0.4, 0.5) is 4.79 Å². The first kappa shape index (κ1) is 17.0. The minimum Gasteiger partial charge on any atom is -0.452 e. The first-order valence-electron chi connectivity index (χ1n) is 8.50. The van der Waals surface area contributed by atoms with Gasteiger partial charge in [0.1, 0.15) is 0 Å². The molecule has 5 nitrogen and oxygen atoms in total. The molecule has 0 bridgehead atoms. The van der Waals surface area contributed by atoms with Gasteiger partial charge < -0.3 is 15.4 Å². The van der Waals surface area contributed by atoms with Crippen molar-refractivity contribution in [2.45, 2.75) is 18.9 Å². The summed E-state index contributed by atoms with van der Waals surface area (Å²) in [6, 6.07) is 18.9. The van der Waals surface area contributed by atoms with Gasteiger partial charge in [-0.1, -0.05) is 60.7 Å². The lowest BCUT2D eigenvalue weighted by Crippen LogP contribution is -2.45. The maximum Gasteiger partial charge on any atom is 0.314 e. The molecule has 2 N–H and O–H groups in total. The standard InChI is InChI=1S/C20H22N2O3/c21-20(24)22-13-7-12-17(14-22)19(23)25-18(15-8-3-1-4-9-15)16-10-5-2-6-11-16/h1-6,8-11,17-18H,7,12-14H2,(H2,21,24). The van der Waals surface area contributed by atoms with Gasteiger partial charge in [-0.2, -0.15) is 0 Å². The zero-order chi connectivity index (χ0) is 17.6. The SMILES string of the molecule is NC(=O)N1CCCC(C(=O)OC(c2ccccc2)c2ccccc2)C1. The Morgan fingerprint density at radius 2 is 1.56 bits per heavy atom. The van der Waals surface area contributed by atoms with Gasteiger partial charge >= 0.3 is 12.0 Å². The lowest BCUT2D eigenvalue weighted by atomic mass is 9.97. The number of piperidine rings is 1. The van der Waals surface area contributed by atoms with E-state index in [9.17, 15) is 9.59 Å². The van der Waals surface area contributed by atoms with Gasteiger partial charge in [0.2, 0.25) is 0 Å². The molecular formula is C20H22N2O3. The van der Waals surface area contributed by atoms with Crippen LogP contribution in [-0.2, 0) is 9.53 Å². The summed E-state index contributed by atoms with van der Waals surface area (Å²) in [5, 5.41) is 0. The average molecular weight is 338 g/mol. The van der Waals surface area contributed by atoms with E-state index in [1.165, 1.54) is 4.90 Å². The largest absolute Gasteiger partial charge is 0.452 e. The summed E-state index contributed by atoms with van der Waals surface area (Å²) in [5.74, 6) is -0.625. The number of hydrogen-bond acceptors (Lipinski definition) is 3. The van der Waals surface area contributed by atoms with Gasteiger partial charge in [0.15, 0.2) is 6.10 Å². The van der Waals surface area contributed by atoms with E-state index in [0.717, 1.165) is 17.5 Å². The third-order valence-corrected chi connectivity index (χ3v) is 4.51.